The van der Waals surface area contributed by atoms with E-state index >= 15 is 0 Å². The van der Waals surface area contributed by atoms with Crippen LogP contribution in [-0.2, 0) is 14.3 Å². The van der Waals surface area contributed by atoms with Crippen molar-refractivity contribution < 1.29 is 14.3 Å². The van der Waals surface area contributed by atoms with Crippen LogP contribution in [0.3, 0.4) is 0 Å². The molecule has 0 saturated carbocycles. The number of rotatable bonds is 4. The second-order valence-electron chi connectivity index (χ2n) is 3.70. The van der Waals surface area contributed by atoms with E-state index in [1.807, 2.05) is 6.92 Å². The van der Waals surface area contributed by atoms with Gasteiger partial charge in [-0.1, -0.05) is 0 Å². The summed E-state index contributed by atoms with van der Waals surface area (Å²) >= 11 is 0. The molecule has 0 aromatic heterocycles. The number of hydrogen-bond acceptors (Lipinski definition) is 4. The molecular weight excluding hydrogens is 210 g/mol. The van der Waals surface area contributed by atoms with Crippen LogP contribution in [0.2, 0.25) is 0 Å². The van der Waals surface area contributed by atoms with Crippen LogP contribution in [0.5, 0.6) is 0 Å². The molecule has 2 amide bonds. The molecule has 1 aliphatic heterocycles. The topological polar surface area (TPSA) is 75.9 Å². The molecule has 6 nitrogen and oxygen atoms in total. The predicted octanol–water partition coefficient (Wildman–Crippen LogP) is -1.35. The molecule has 0 atom stereocenters. The summed E-state index contributed by atoms with van der Waals surface area (Å²) in [5.41, 5.74) is 4.94. The number of primary amides is 1. The number of ether oxygens (including phenoxy) is 1. The van der Waals surface area contributed by atoms with Gasteiger partial charge in [0.25, 0.3) is 0 Å². The molecule has 1 rings (SSSR count). The molecule has 1 aliphatic rings. The number of nitrogens with two attached hydrogens (primary N) is 1. The van der Waals surface area contributed by atoms with Crippen LogP contribution in [0.4, 0.5) is 0 Å². The summed E-state index contributed by atoms with van der Waals surface area (Å²) in [6.45, 7) is 6.93. The Bertz CT molecular complexity index is 250. The van der Waals surface area contributed by atoms with E-state index in [1.165, 1.54) is 4.90 Å². The van der Waals surface area contributed by atoms with Gasteiger partial charge in [-0.05, 0) is 6.92 Å². The third-order valence-electron chi connectivity index (χ3n) is 2.63. The first-order valence-corrected chi connectivity index (χ1v) is 5.54. The number of nitrogens with zero attached hydrogens (tertiary/aromatic N) is 2. The van der Waals surface area contributed by atoms with E-state index in [0.29, 0.717) is 19.7 Å². The van der Waals surface area contributed by atoms with E-state index in [9.17, 15) is 9.59 Å². The van der Waals surface area contributed by atoms with Crippen LogP contribution in [0.15, 0.2) is 0 Å². The second kappa shape index (κ2) is 6.44. The molecule has 0 unspecified atom stereocenters. The Morgan fingerprint density at radius 2 is 1.88 bits per heavy atom. The zero-order chi connectivity index (χ0) is 12.0. The van der Waals surface area contributed by atoms with Gasteiger partial charge in [-0.2, -0.15) is 0 Å². The molecule has 0 spiro atoms. The van der Waals surface area contributed by atoms with Crippen molar-refractivity contribution in [3.05, 3.63) is 0 Å². The largest absolute Gasteiger partial charge is 0.380 e. The fraction of sp³-hybridized carbons (Fsp3) is 0.800. The molecule has 0 aliphatic carbocycles. The lowest BCUT2D eigenvalue weighted by Crippen LogP contribution is -2.52. The van der Waals surface area contributed by atoms with Crippen molar-refractivity contribution >= 4 is 11.8 Å². The lowest BCUT2D eigenvalue weighted by atomic mass is 10.3. The van der Waals surface area contributed by atoms with Crippen LogP contribution < -0.4 is 5.73 Å². The van der Waals surface area contributed by atoms with Crippen molar-refractivity contribution in [2.75, 3.05) is 45.9 Å². The molecule has 16 heavy (non-hydrogen) atoms. The van der Waals surface area contributed by atoms with Gasteiger partial charge in [-0.25, -0.2) is 0 Å². The summed E-state index contributed by atoms with van der Waals surface area (Å²) in [6.07, 6.45) is 0. The molecule has 1 fully saturated rings. The molecule has 1 saturated heterocycles. The zero-order valence-corrected chi connectivity index (χ0v) is 9.65. The predicted molar refractivity (Wildman–Crippen MR) is 58.7 cm³/mol. The van der Waals surface area contributed by atoms with E-state index in [-0.39, 0.29) is 0 Å². The van der Waals surface area contributed by atoms with Crippen LogP contribution in [0.25, 0.3) is 0 Å². The maximum Gasteiger partial charge on any atom is 0.311 e. The SMILES string of the molecule is CCOCCN1CCN(C(=O)C(N)=O)CC1. The fourth-order valence-electron chi connectivity index (χ4n) is 1.67. The second-order valence-corrected chi connectivity index (χ2v) is 3.70. The Balaban J connectivity index is 2.23. The highest BCUT2D eigenvalue weighted by atomic mass is 16.5. The normalized spacial score (nSPS) is 17.4. The third-order valence-corrected chi connectivity index (χ3v) is 2.63. The van der Waals surface area contributed by atoms with Crippen LogP contribution in [0, 0.1) is 0 Å². The van der Waals surface area contributed by atoms with E-state index in [4.69, 9.17) is 10.5 Å². The summed E-state index contributed by atoms with van der Waals surface area (Å²) in [7, 11) is 0. The van der Waals surface area contributed by atoms with Crippen molar-refractivity contribution in [2.45, 2.75) is 6.92 Å². The first kappa shape index (κ1) is 12.9. The monoisotopic (exact) mass is 229 g/mol. The molecule has 0 radical (unpaired) electrons. The van der Waals surface area contributed by atoms with Crippen molar-refractivity contribution in [1.82, 2.24) is 9.80 Å². The highest BCUT2D eigenvalue weighted by molar-refractivity contribution is 6.34. The number of piperazine rings is 1. The van der Waals surface area contributed by atoms with Crippen LogP contribution >= 0.6 is 0 Å². The average molecular weight is 229 g/mol. The van der Waals surface area contributed by atoms with Gasteiger partial charge in [-0.3, -0.25) is 14.5 Å². The van der Waals surface area contributed by atoms with Crippen LogP contribution in [-0.4, -0.2) is 67.6 Å². The van der Waals surface area contributed by atoms with Crippen molar-refractivity contribution in [2.24, 2.45) is 5.73 Å². The smallest absolute Gasteiger partial charge is 0.311 e. The van der Waals surface area contributed by atoms with Crippen molar-refractivity contribution in [3.63, 3.8) is 0 Å². The number of carbonyl (C=O) groups excluding carboxylic acids is 2. The minimum Gasteiger partial charge on any atom is -0.380 e. The molecule has 2 N–H and O–H groups in total. The molecule has 0 bridgehead atoms. The lowest BCUT2D eigenvalue weighted by Gasteiger charge is -2.33. The number of hydrogen-bond donors (Lipinski definition) is 1. The van der Waals surface area contributed by atoms with Gasteiger partial charge in [0, 0.05) is 39.3 Å². The Kier molecular flexibility index (Phi) is 5.21. The summed E-state index contributed by atoms with van der Waals surface area (Å²) < 4.78 is 5.25. The Morgan fingerprint density at radius 3 is 2.38 bits per heavy atom. The quantitative estimate of drug-likeness (QED) is 0.478. The van der Waals surface area contributed by atoms with Gasteiger partial charge >= 0.3 is 11.8 Å². The number of carbonyl (C=O) groups is 2. The lowest BCUT2D eigenvalue weighted by molar-refractivity contribution is -0.145. The van der Waals surface area contributed by atoms with E-state index in [2.05, 4.69) is 4.90 Å². The third kappa shape index (κ3) is 3.79. The van der Waals surface area contributed by atoms with Gasteiger partial charge in [0.15, 0.2) is 0 Å². The van der Waals surface area contributed by atoms with E-state index in [1.54, 1.807) is 0 Å². The van der Waals surface area contributed by atoms with Gasteiger partial charge < -0.3 is 15.4 Å². The molecule has 0 aromatic carbocycles. The van der Waals surface area contributed by atoms with Gasteiger partial charge in [0.1, 0.15) is 0 Å². The molecule has 92 valence electrons. The Morgan fingerprint density at radius 1 is 1.25 bits per heavy atom. The Labute approximate surface area is 95.3 Å². The van der Waals surface area contributed by atoms with E-state index in [0.717, 1.165) is 26.2 Å². The molecular formula is C10H19N3O3. The average Bonchev–Trinajstić information content (AvgIpc) is 2.29. The summed E-state index contributed by atoms with van der Waals surface area (Å²) in [4.78, 5) is 25.7. The maximum absolute atomic E-state index is 11.3. The summed E-state index contributed by atoms with van der Waals surface area (Å²) in [6, 6.07) is 0. The van der Waals surface area contributed by atoms with Crippen LogP contribution in [0.1, 0.15) is 6.92 Å². The highest BCUT2D eigenvalue weighted by Crippen LogP contribution is 2.01. The first-order chi connectivity index (χ1) is 7.65. The number of amides is 2. The van der Waals surface area contributed by atoms with Gasteiger partial charge in [0.2, 0.25) is 0 Å². The fourth-order valence-corrected chi connectivity index (χ4v) is 1.67. The molecule has 0 aromatic rings. The maximum atomic E-state index is 11.3. The molecule has 1 heterocycles. The zero-order valence-electron chi connectivity index (χ0n) is 9.65. The molecule has 6 heteroatoms. The highest BCUT2D eigenvalue weighted by Gasteiger charge is 2.23. The van der Waals surface area contributed by atoms with E-state index < -0.39 is 11.8 Å². The standard InChI is InChI=1S/C10H19N3O3/c1-2-16-8-7-12-3-5-13(6-4-12)10(15)9(11)14/h2-8H2,1H3,(H2,11,14). The minimum atomic E-state index is -0.872. The van der Waals surface area contributed by atoms with Gasteiger partial charge in [0.05, 0.1) is 6.61 Å². The minimum absolute atomic E-state index is 0.563. The summed E-state index contributed by atoms with van der Waals surface area (Å²) in [5.74, 6) is -1.45. The van der Waals surface area contributed by atoms with Crippen molar-refractivity contribution in [3.8, 4) is 0 Å². The first-order valence-electron chi connectivity index (χ1n) is 5.54. The summed E-state index contributed by atoms with van der Waals surface area (Å²) in [5, 5.41) is 0. The van der Waals surface area contributed by atoms with Crippen molar-refractivity contribution in [1.29, 1.82) is 0 Å². The van der Waals surface area contributed by atoms with Gasteiger partial charge in [-0.15, -0.1) is 0 Å². The Hall–Kier alpha value is -1.14.